The lowest BCUT2D eigenvalue weighted by atomic mass is 10.1. The monoisotopic (exact) mass is 327 g/mol. The summed E-state index contributed by atoms with van der Waals surface area (Å²) in [5, 5.41) is 13.5. The second-order valence-corrected chi connectivity index (χ2v) is 7.40. The van der Waals surface area contributed by atoms with Crippen molar-refractivity contribution in [1.82, 2.24) is 15.5 Å². The molecule has 1 aromatic carbocycles. The second-order valence-electron chi connectivity index (χ2n) is 5.91. The van der Waals surface area contributed by atoms with E-state index in [4.69, 9.17) is 11.6 Å². The van der Waals surface area contributed by atoms with Crippen LogP contribution < -0.4 is 5.32 Å². The Morgan fingerprint density at radius 3 is 2.71 bits per heavy atom. The lowest BCUT2D eigenvalue weighted by Crippen LogP contribution is -2.36. The molecule has 0 spiro atoms. The molecular weight excluding hydrogens is 309 g/mol. The summed E-state index contributed by atoms with van der Waals surface area (Å²) in [4.78, 5) is 0. The average molecular weight is 328 g/mol. The van der Waals surface area contributed by atoms with Crippen molar-refractivity contribution in [3.8, 4) is 10.6 Å². The molecule has 0 aliphatic rings. The van der Waals surface area contributed by atoms with E-state index in [1.54, 1.807) is 12.1 Å². The molecule has 3 nitrogen and oxygen atoms in total. The van der Waals surface area contributed by atoms with Crippen LogP contribution in [0.3, 0.4) is 0 Å². The average Bonchev–Trinajstić information content (AvgIpc) is 2.82. The Morgan fingerprint density at radius 1 is 1.29 bits per heavy atom. The molecule has 0 amide bonds. The van der Waals surface area contributed by atoms with E-state index in [9.17, 15) is 4.39 Å². The first-order chi connectivity index (χ1) is 9.85. The summed E-state index contributed by atoms with van der Waals surface area (Å²) in [7, 11) is 0. The van der Waals surface area contributed by atoms with Crippen LogP contribution >= 0.6 is 22.9 Å². The molecule has 2 aromatic rings. The van der Waals surface area contributed by atoms with Gasteiger partial charge in [-0.1, -0.05) is 22.9 Å². The Morgan fingerprint density at radius 2 is 2.05 bits per heavy atom. The lowest BCUT2D eigenvalue weighted by Gasteiger charge is -2.20. The van der Waals surface area contributed by atoms with Gasteiger partial charge in [-0.2, -0.15) is 0 Å². The first-order valence-corrected chi connectivity index (χ1v) is 8.07. The molecule has 1 heterocycles. The normalized spacial score (nSPS) is 11.9. The molecule has 0 aliphatic carbocycles. The van der Waals surface area contributed by atoms with Crippen LogP contribution in [0.1, 0.15) is 32.2 Å². The molecule has 21 heavy (non-hydrogen) atoms. The van der Waals surface area contributed by atoms with Gasteiger partial charge in [0.1, 0.15) is 10.8 Å². The van der Waals surface area contributed by atoms with E-state index in [1.807, 2.05) is 0 Å². The Labute approximate surface area is 133 Å². The van der Waals surface area contributed by atoms with Crippen molar-refractivity contribution < 1.29 is 4.39 Å². The Kier molecular flexibility index (Phi) is 5.30. The Hall–Kier alpha value is -1.04. The van der Waals surface area contributed by atoms with E-state index < -0.39 is 0 Å². The van der Waals surface area contributed by atoms with Crippen molar-refractivity contribution >= 4 is 22.9 Å². The standard InChI is InChI=1S/C15H19ClFN3S/c1-15(2,3)18-8-4-5-13-19-20-14(21-13)11-7-6-10(16)9-12(11)17/h6-7,9,18H,4-5,8H2,1-3H3. The van der Waals surface area contributed by atoms with Crippen LogP contribution in [0, 0.1) is 5.82 Å². The van der Waals surface area contributed by atoms with Crippen LogP contribution in [0.15, 0.2) is 18.2 Å². The molecular formula is C15H19ClFN3S. The van der Waals surface area contributed by atoms with E-state index >= 15 is 0 Å². The topological polar surface area (TPSA) is 37.8 Å². The number of halogens is 2. The molecule has 0 saturated heterocycles. The van der Waals surface area contributed by atoms with Gasteiger partial charge in [0, 0.05) is 22.5 Å². The molecule has 1 aromatic heterocycles. The fourth-order valence-electron chi connectivity index (χ4n) is 1.83. The van der Waals surface area contributed by atoms with Crippen LogP contribution in [0.2, 0.25) is 5.02 Å². The maximum atomic E-state index is 13.8. The van der Waals surface area contributed by atoms with E-state index in [0.717, 1.165) is 24.4 Å². The molecule has 2 rings (SSSR count). The molecule has 6 heteroatoms. The molecule has 0 radical (unpaired) electrons. The third-order valence-corrected chi connectivity index (χ3v) is 4.10. The van der Waals surface area contributed by atoms with E-state index in [-0.39, 0.29) is 11.4 Å². The van der Waals surface area contributed by atoms with Gasteiger partial charge in [-0.15, -0.1) is 10.2 Å². The number of aryl methyl sites for hydroxylation is 1. The maximum absolute atomic E-state index is 13.8. The highest BCUT2D eigenvalue weighted by Crippen LogP contribution is 2.28. The van der Waals surface area contributed by atoms with Crippen molar-refractivity contribution in [2.45, 2.75) is 39.2 Å². The zero-order chi connectivity index (χ0) is 15.5. The summed E-state index contributed by atoms with van der Waals surface area (Å²) >= 11 is 7.18. The fraction of sp³-hybridized carbons (Fsp3) is 0.467. The number of aromatic nitrogens is 2. The van der Waals surface area contributed by atoms with Gasteiger partial charge in [0.15, 0.2) is 5.01 Å². The van der Waals surface area contributed by atoms with E-state index in [1.165, 1.54) is 17.4 Å². The van der Waals surface area contributed by atoms with Crippen LogP contribution in [0.5, 0.6) is 0 Å². The van der Waals surface area contributed by atoms with Crippen LogP contribution in [0.25, 0.3) is 10.6 Å². The fourth-order valence-corrected chi connectivity index (χ4v) is 2.90. The highest BCUT2D eigenvalue weighted by atomic mass is 35.5. The summed E-state index contributed by atoms with van der Waals surface area (Å²) in [6.07, 6.45) is 1.82. The summed E-state index contributed by atoms with van der Waals surface area (Å²) in [6.45, 7) is 7.34. The van der Waals surface area contributed by atoms with Gasteiger partial charge in [-0.25, -0.2) is 4.39 Å². The van der Waals surface area contributed by atoms with Gasteiger partial charge in [-0.3, -0.25) is 0 Å². The van der Waals surface area contributed by atoms with Crippen molar-refractivity contribution in [2.75, 3.05) is 6.54 Å². The van der Waals surface area contributed by atoms with Gasteiger partial charge in [0.25, 0.3) is 0 Å². The number of hydrogen-bond donors (Lipinski definition) is 1. The van der Waals surface area contributed by atoms with E-state index in [0.29, 0.717) is 15.6 Å². The quantitative estimate of drug-likeness (QED) is 0.831. The molecule has 0 atom stereocenters. The smallest absolute Gasteiger partial charge is 0.150 e. The molecule has 0 unspecified atom stereocenters. The molecule has 0 saturated carbocycles. The molecule has 0 fully saturated rings. The first kappa shape index (κ1) is 16.3. The number of hydrogen-bond acceptors (Lipinski definition) is 4. The third-order valence-electron chi connectivity index (χ3n) is 2.85. The largest absolute Gasteiger partial charge is 0.312 e. The van der Waals surface area contributed by atoms with Crippen LogP contribution in [-0.2, 0) is 6.42 Å². The predicted octanol–water partition coefficient (Wildman–Crippen LogP) is 4.32. The van der Waals surface area contributed by atoms with Crippen molar-refractivity contribution in [3.05, 3.63) is 34.0 Å². The van der Waals surface area contributed by atoms with Crippen LogP contribution in [-0.4, -0.2) is 22.3 Å². The van der Waals surface area contributed by atoms with Gasteiger partial charge in [0.05, 0.1) is 0 Å². The summed E-state index contributed by atoms with van der Waals surface area (Å²) in [5.74, 6) is -0.361. The molecule has 1 N–H and O–H groups in total. The minimum atomic E-state index is -0.361. The van der Waals surface area contributed by atoms with E-state index in [2.05, 4.69) is 36.3 Å². The zero-order valence-corrected chi connectivity index (χ0v) is 14.0. The molecule has 114 valence electrons. The first-order valence-electron chi connectivity index (χ1n) is 6.88. The van der Waals surface area contributed by atoms with Crippen molar-refractivity contribution in [3.63, 3.8) is 0 Å². The SMILES string of the molecule is CC(C)(C)NCCCc1nnc(-c2ccc(Cl)cc2F)s1. The predicted molar refractivity (Wildman–Crippen MR) is 86.4 cm³/mol. The summed E-state index contributed by atoms with van der Waals surface area (Å²) in [5.41, 5.74) is 0.578. The zero-order valence-electron chi connectivity index (χ0n) is 12.4. The highest BCUT2D eigenvalue weighted by Gasteiger charge is 2.12. The van der Waals surface area contributed by atoms with Gasteiger partial charge in [-0.05, 0) is 51.9 Å². The van der Waals surface area contributed by atoms with Gasteiger partial charge < -0.3 is 5.32 Å². The van der Waals surface area contributed by atoms with Crippen molar-refractivity contribution in [2.24, 2.45) is 0 Å². The number of nitrogens with zero attached hydrogens (tertiary/aromatic N) is 2. The van der Waals surface area contributed by atoms with Gasteiger partial charge in [0.2, 0.25) is 0 Å². The molecule has 0 bridgehead atoms. The Bertz CT molecular complexity index is 607. The number of nitrogens with one attached hydrogen (secondary N) is 1. The maximum Gasteiger partial charge on any atom is 0.150 e. The number of rotatable bonds is 5. The van der Waals surface area contributed by atoms with Gasteiger partial charge >= 0.3 is 0 Å². The number of benzene rings is 1. The summed E-state index contributed by atoms with van der Waals surface area (Å²) in [6, 6.07) is 4.60. The van der Waals surface area contributed by atoms with Crippen molar-refractivity contribution in [1.29, 1.82) is 0 Å². The second kappa shape index (κ2) is 6.81. The molecule has 0 aliphatic heterocycles. The lowest BCUT2D eigenvalue weighted by molar-refractivity contribution is 0.422. The minimum Gasteiger partial charge on any atom is -0.312 e. The van der Waals surface area contributed by atoms with Crippen LogP contribution in [0.4, 0.5) is 4.39 Å². The Balaban J connectivity index is 1.95. The summed E-state index contributed by atoms with van der Waals surface area (Å²) < 4.78 is 13.8. The minimum absolute atomic E-state index is 0.124. The highest BCUT2D eigenvalue weighted by molar-refractivity contribution is 7.14. The third kappa shape index (κ3) is 5.02.